The van der Waals surface area contributed by atoms with Crippen molar-refractivity contribution in [3.63, 3.8) is 0 Å². The van der Waals surface area contributed by atoms with Crippen LogP contribution in [0.1, 0.15) is 21.7 Å². The van der Waals surface area contributed by atoms with Gasteiger partial charge in [0.2, 0.25) is 5.88 Å². The number of carbonyl (C=O) groups is 1. The number of nitrogens with zero attached hydrogens (tertiary/aromatic N) is 2. The smallest absolute Gasteiger partial charge is 0.337 e. The molecule has 0 saturated carbocycles. The summed E-state index contributed by atoms with van der Waals surface area (Å²) in [5.41, 5.74) is 1.55. The van der Waals surface area contributed by atoms with Gasteiger partial charge in [-0.05, 0) is 32.0 Å². The highest BCUT2D eigenvalue weighted by molar-refractivity contribution is 6.33. The van der Waals surface area contributed by atoms with Crippen LogP contribution in [0.5, 0.6) is 11.6 Å². The van der Waals surface area contributed by atoms with Crippen molar-refractivity contribution in [2.75, 3.05) is 0 Å². The van der Waals surface area contributed by atoms with Crippen molar-refractivity contribution in [1.82, 2.24) is 9.97 Å². The van der Waals surface area contributed by atoms with Crippen molar-refractivity contribution in [2.24, 2.45) is 0 Å². The van der Waals surface area contributed by atoms with Crippen molar-refractivity contribution in [2.45, 2.75) is 13.8 Å². The minimum Gasteiger partial charge on any atom is -0.478 e. The van der Waals surface area contributed by atoms with E-state index >= 15 is 0 Å². The van der Waals surface area contributed by atoms with E-state index in [0.29, 0.717) is 11.6 Å². The lowest BCUT2D eigenvalue weighted by Gasteiger charge is -2.07. The quantitative estimate of drug-likeness (QED) is 0.933. The van der Waals surface area contributed by atoms with Crippen molar-refractivity contribution < 1.29 is 14.6 Å². The van der Waals surface area contributed by atoms with Gasteiger partial charge in [0.1, 0.15) is 5.75 Å². The lowest BCUT2D eigenvalue weighted by Crippen LogP contribution is -1.99. The summed E-state index contributed by atoms with van der Waals surface area (Å²) in [6.07, 6.45) is 1.48. The van der Waals surface area contributed by atoms with Gasteiger partial charge >= 0.3 is 5.97 Å². The Morgan fingerprint density at radius 2 is 2.05 bits per heavy atom. The molecule has 98 valence electrons. The minimum atomic E-state index is -1.11. The molecule has 0 radical (unpaired) electrons. The molecule has 0 aliphatic carbocycles. The van der Waals surface area contributed by atoms with E-state index < -0.39 is 5.97 Å². The third-order valence-corrected chi connectivity index (χ3v) is 2.89. The number of aryl methyl sites for hydroxylation is 2. The van der Waals surface area contributed by atoms with E-state index in [1.165, 1.54) is 18.3 Å². The fraction of sp³-hybridized carbons (Fsp3) is 0.154. The average molecular weight is 279 g/mol. The molecule has 0 amide bonds. The predicted molar refractivity (Wildman–Crippen MR) is 70.0 cm³/mol. The summed E-state index contributed by atoms with van der Waals surface area (Å²) in [5, 5.41) is 9.13. The van der Waals surface area contributed by atoms with Crippen LogP contribution in [0.15, 0.2) is 24.4 Å². The number of rotatable bonds is 3. The van der Waals surface area contributed by atoms with Gasteiger partial charge < -0.3 is 9.84 Å². The van der Waals surface area contributed by atoms with Crippen LogP contribution in [0, 0.1) is 13.8 Å². The van der Waals surface area contributed by atoms with Gasteiger partial charge in [-0.2, -0.15) is 0 Å². The summed E-state index contributed by atoms with van der Waals surface area (Å²) in [6.45, 7) is 3.66. The Bertz CT molecular complexity index is 644. The highest BCUT2D eigenvalue weighted by atomic mass is 35.5. The number of aromatic carboxylic acids is 1. The maximum atomic E-state index is 11.0. The van der Waals surface area contributed by atoms with Gasteiger partial charge in [0.25, 0.3) is 0 Å². The van der Waals surface area contributed by atoms with E-state index in [1.807, 2.05) is 13.8 Å². The second-order valence-electron chi connectivity index (χ2n) is 3.93. The molecule has 6 heteroatoms. The molecule has 0 atom stereocenters. The molecule has 1 aromatic heterocycles. The highest BCUT2D eigenvalue weighted by Crippen LogP contribution is 2.25. The molecule has 0 saturated heterocycles. The van der Waals surface area contributed by atoms with E-state index in [4.69, 9.17) is 21.4 Å². The predicted octanol–water partition coefficient (Wildman–Crippen LogP) is 3.24. The third kappa shape index (κ3) is 3.00. The van der Waals surface area contributed by atoms with Crippen molar-refractivity contribution in [3.8, 4) is 11.6 Å². The minimum absolute atomic E-state index is 0.0176. The number of ether oxygens (including phenoxy) is 1. The molecule has 0 unspecified atom stereocenters. The van der Waals surface area contributed by atoms with E-state index in [1.54, 1.807) is 6.07 Å². The van der Waals surface area contributed by atoms with Gasteiger partial charge in [-0.15, -0.1) is 0 Å². The Labute approximate surface area is 114 Å². The first-order valence-electron chi connectivity index (χ1n) is 5.48. The molecular weight excluding hydrogens is 268 g/mol. The standard InChI is InChI=1S/C13H11ClN2O3/c1-7-8(2)16-12(6-15-7)19-9-3-4-11(14)10(5-9)13(17)18/h3-6H,1-2H3,(H,17,18). The van der Waals surface area contributed by atoms with E-state index in [2.05, 4.69) is 9.97 Å². The largest absolute Gasteiger partial charge is 0.478 e. The molecule has 1 heterocycles. The number of halogens is 1. The van der Waals surface area contributed by atoms with Gasteiger partial charge in [0.15, 0.2) is 0 Å². The number of hydrogen-bond acceptors (Lipinski definition) is 4. The normalized spacial score (nSPS) is 10.3. The summed E-state index contributed by atoms with van der Waals surface area (Å²) in [4.78, 5) is 19.3. The molecule has 0 fully saturated rings. The molecule has 0 aliphatic rings. The van der Waals surface area contributed by atoms with Crippen LogP contribution in [0.3, 0.4) is 0 Å². The summed E-state index contributed by atoms with van der Waals surface area (Å²) >= 11 is 5.78. The average Bonchev–Trinajstić information content (AvgIpc) is 2.36. The summed E-state index contributed by atoms with van der Waals surface area (Å²) < 4.78 is 5.46. The molecule has 5 nitrogen and oxygen atoms in total. The van der Waals surface area contributed by atoms with E-state index in [9.17, 15) is 4.79 Å². The Hall–Kier alpha value is -2.14. The molecule has 1 N–H and O–H groups in total. The first kappa shape index (κ1) is 13.3. The number of carboxylic acid groups (broad SMARTS) is 1. The fourth-order valence-electron chi connectivity index (χ4n) is 1.42. The maximum absolute atomic E-state index is 11.0. The Morgan fingerprint density at radius 3 is 2.68 bits per heavy atom. The molecule has 19 heavy (non-hydrogen) atoms. The third-order valence-electron chi connectivity index (χ3n) is 2.56. The van der Waals surface area contributed by atoms with Gasteiger partial charge in [0.05, 0.1) is 28.2 Å². The molecule has 0 spiro atoms. The maximum Gasteiger partial charge on any atom is 0.337 e. The number of aromatic nitrogens is 2. The molecule has 0 bridgehead atoms. The van der Waals surface area contributed by atoms with E-state index in [-0.39, 0.29) is 10.6 Å². The number of carboxylic acids is 1. The lowest BCUT2D eigenvalue weighted by molar-refractivity contribution is 0.0696. The SMILES string of the molecule is Cc1ncc(Oc2ccc(Cl)c(C(=O)O)c2)nc1C. The zero-order valence-corrected chi connectivity index (χ0v) is 11.1. The summed E-state index contributed by atoms with van der Waals surface area (Å²) in [6, 6.07) is 4.39. The van der Waals surface area contributed by atoms with Gasteiger partial charge in [-0.25, -0.2) is 9.78 Å². The van der Waals surface area contributed by atoms with Gasteiger partial charge in [0, 0.05) is 0 Å². The van der Waals surface area contributed by atoms with Crippen LogP contribution in [0.25, 0.3) is 0 Å². The van der Waals surface area contributed by atoms with Crippen LogP contribution in [0.4, 0.5) is 0 Å². The highest BCUT2D eigenvalue weighted by Gasteiger charge is 2.11. The topological polar surface area (TPSA) is 72.3 Å². The molecule has 1 aromatic carbocycles. The van der Waals surface area contributed by atoms with Crippen LogP contribution in [-0.2, 0) is 0 Å². The van der Waals surface area contributed by atoms with Gasteiger partial charge in [-0.1, -0.05) is 11.6 Å². The van der Waals surface area contributed by atoms with Crippen molar-refractivity contribution in [3.05, 3.63) is 46.4 Å². The second-order valence-corrected chi connectivity index (χ2v) is 4.34. The Morgan fingerprint density at radius 1 is 1.32 bits per heavy atom. The Balaban J connectivity index is 2.30. The lowest BCUT2D eigenvalue weighted by atomic mass is 10.2. The number of hydrogen-bond donors (Lipinski definition) is 1. The second kappa shape index (κ2) is 5.24. The zero-order chi connectivity index (χ0) is 14.0. The van der Waals surface area contributed by atoms with Gasteiger partial charge in [-0.3, -0.25) is 4.98 Å². The Kier molecular flexibility index (Phi) is 3.66. The summed E-state index contributed by atoms with van der Waals surface area (Å²) in [7, 11) is 0. The first-order chi connectivity index (χ1) is 8.97. The van der Waals surface area contributed by atoms with Crippen LogP contribution in [-0.4, -0.2) is 21.0 Å². The van der Waals surface area contributed by atoms with Crippen molar-refractivity contribution >= 4 is 17.6 Å². The van der Waals surface area contributed by atoms with Crippen LogP contribution in [0.2, 0.25) is 5.02 Å². The molecule has 2 aromatic rings. The van der Waals surface area contributed by atoms with E-state index in [0.717, 1.165) is 11.4 Å². The zero-order valence-electron chi connectivity index (χ0n) is 10.3. The number of benzene rings is 1. The van der Waals surface area contributed by atoms with Crippen molar-refractivity contribution in [1.29, 1.82) is 0 Å². The fourth-order valence-corrected chi connectivity index (χ4v) is 1.62. The summed E-state index contributed by atoms with van der Waals surface area (Å²) in [5.74, 6) is -0.456. The first-order valence-corrected chi connectivity index (χ1v) is 5.86. The molecular formula is C13H11ClN2O3. The molecule has 2 rings (SSSR count). The molecule has 0 aliphatic heterocycles. The monoisotopic (exact) mass is 278 g/mol. The van der Waals surface area contributed by atoms with Crippen LogP contribution >= 0.6 is 11.6 Å². The van der Waals surface area contributed by atoms with Crippen LogP contribution < -0.4 is 4.74 Å².